The Morgan fingerprint density at radius 1 is 0.913 bits per heavy atom. The summed E-state index contributed by atoms with van der Waals surface area (Å²) < 4.78 is 6.19. The molecule has 0 saturated heterocycles. The SMILES string of the molecule is CC(C)Cc1oc2c3ccccc3c3ccccc3c2c1C=O. The van der Waals surface area contributed by atoms with Crippen LogP contribution in [0.15, 0.2) is 52.9 Å². The Labute approximate surface area is 134 Å². The Bertz CT molecular complexity index is 1040. The molecule has 4 aromatic rings. The predicted molar refractivity (Wildman–Crippen MR) is 95.2 cm³/mol. The molecule has 0 bridgehead atoms. The number of benzene rings is 3. The quantitative estimate of drug-likeness (QED) is 0.356. The summed E-state index contributed by atoms with van der Waals surface area (Å²) in [5.74, 6) is 1.23. The van der Waals surface area contributed by atoms with Crippen LogP contribution in [0.3, 0.4) is 0 Å². The van der Waals surface area contributed by atoms with Gasteiger partial charge in [-0.15, -0.1) is 0 Å². The monoisotopic (exact) mass is 302 g/mol. The summed E-state index contributed by atoms with van der Waals surface area (Å²) in [5, 5.41) is 5.43. The lowest BCUT2D eigenvalue weighted by Crippen LogP contribution is -1.95. The molecule has 0 fully saturated rings. The first kappa shape index (κ1) is 14.0. The topological polar surface area (TPSA) is 30.2 Å². The second-order valence-corrected chi connectivity index (χ2v) is 6.45. The fourth-order valence-electron chi connectivity index (χ4n) is 3.45. The van der Waals surface area contributed by atoms with Crippen molar-refractivity contribution in [1.29, 1.82) is 0 Å². The van der Waals surface area contributed by atoms with Crippen molar-refractivity contribution in [2.45, 2.75) is 20.3 Å². The lowest BCUT2D eigenvalue weighted by atomic mass is 9.95. The standard InChI is InChI=1S/C21H18O2/c1-13(2)11-19-18(12-22)20-16-9-5-3-7-14(16)15-8-4-6-10-17(15)21(20)23-19/h3-10,12-13H,11H2,1-2H3. The third-order valence-corrected chi connectivity index (χ3v) is 4.39. The van der Waals surface area contributed by atoms with E-state index in [9.17, 15) is 4.79 Å². The summed E-state index contributed by atoms with van der Waals surface area (Å²) in [6, 6.07) is 16.5. The maximum absolute atomic E-state index is 11.8. The summed E-state index contributed by atoms with van der Waals surface area (Å²) in [5.41, 5.74) is 1.53. The number of carbonyl (C=O) groups excluding carboxylic acids is 1. The van der Waals surface area contributed by atoms with Crippen molar-refractivity contribution in [3.05, 3.63) is 59.9 Å². The summed E-state index contributed by atoms with van der Waals surface area (Å²) in [7, 11) is 0. The minimum atomic E-state index is 0.437. The van der Waals surface area contributed by atoms with Gasteiger partial charge >= 0.3 is 0 Å². The van der Waals surface area contributed by atoms with Gasteiger partial charge in [0.25, 0.3) is 0 Å². The minimum Gasteiger partial charge on any atom is -0.460 e. The van der Waals surface area contributed by atoms with E-state index in [1.807, 2.05) is 24.3 Å². The Kier molecular flexibility index (Phi) is 3.19. The molecule has 0 radical (unpaired) electrons. The first-order chi connectivity index (χ1) is 11.2. The van der Waals surface area contributed by atoms with Gasteiger partial charge in [-0.05, 0) is 22.1 Å². The number of aldehydes is 1. The van der Waals surface area contributed by atoms with Gasteiger partial charge in [0.2, 0.25) is 0 Å². The van der Waals surface area contributed by atoms with Gasteiger partial charge in [0, 0.05) is 17.2 Å². The van der Waals surface area contributed by atoms with E-state index < -0.39 is 0 Å². The highest BCUT2D eigenvalue weighted by molar-refractivity contribution is 6.26. The van der Waals surface area contributed by atoms with Gasteiger partial charge in [0.1, 0.15) is 11.3 Å². The molecular formula is C21H18O2. The second kappa shape index (κ2) is 5.24. The maximum Gasteiger partial charge on any atom is 0.154 e. The molecule has 0 aliphatic heterocycles. The smallest absolute Gasteiger partial charge is 0.154 e. The first-order valence-corrected chi connectivity index (χ1v) is 8.00. The van der Waals surface area contributed by atoms with Crippen molar-refractivity contribution < 1.29 is 9.21 Å². The largest absolute Gasteiger partial charge is 0.460 e. The van der Waals surface area contributed by atoms with Gasteiger partial charge in [0.05, 0.1) is 5.56 Å². The molecule has 0 atom stereocenters. The first-order valence-electron chi connectivity index (χ1n) is 8.00. The van der Waals surface area contributed by atoms with Crippen molar-refractivity contribution in [2.75, 3.05) is 0 Å². The molecule has 0 aliphatic rings. The van der Waals surface area contributed by atoms with Crippen molar-refractivity contribution in [3.8, 4) is 0 Å². The van der Waals surface area contributed by atoms with Gasteiger partial charge in [-0.1, -0.05) is 62.4 Å². The number of fused-ring (bicyclic) bond motifs is 6. The van der Waals surface area contributed by atoms with Crippen LogP contribution in [-0.2, 0) is 6.42 Å². The Morgan fingerprint density at radius 3 is 2.09 bits per heavy atom. The van der Waals surface area contributed by atoms with E-state index in [1.54, 1.807) is 0 Å². The second-order valence-electron chi connectivity index (χ2n) is 6.45. The zero-order valence-electron chi connectivity index (χ0n) is 13.3. The average Bonchev–Trinajstić information content (AvgIpc) is 2.93. The fraction of sp³-hybridized carbons (Fsp3) is 0.190. The highest BCUT2D eigenvalue weighted by Crippen LogP contribution is 2.39. The molecule has 1 heterocycles. The summed E-state index contributed by atoms with van der Waals surface area (Å²) >= 11 is 0. The summed E-state index contributed by atoms with van der Waals surface area (Å²) in [6.45, 7) is 4.27. The van der Waals surface area contributed by atoms with E-state index in [0.29, 0.717) is 11.5 Å². The van der Waals surface area contributed by atoms with Crippen LogP contribution in [0.1, 0.15) is 30.0 Å². The van der Waals surface area contributed by atoms with Crippen LogP contribution >= 0.6 is 0 Å². The van der Waals surface area contributed by atoms with Crippen molar-refractivity contribution >= 4 is 38.8 Å². The van der Waals surface area contributed by atoms with E-state index in [2.05, 4.69) is 38.1 Å². The highest BCUT2D eigenvalue weighted by atomic mass is 16.3. The average molecular weight is 302 g/mol. The molecule has 0 aliphatic carbocycles. The van der Waals surface area contributed by atoms with Gasteiger partial charge in [-0.3, -0.25) is 4.79 Å². The third-order valence-electron chi connectivity index (χ3n) is 4.39. The van der Waals surface area contributed by atoms with Crippen molar-refractivity contribution in [2.24, 2.45) is 5.92 Å². The summed E-state index contributed by atoms with van der Waals surface area (Å²) in [4.78, 5) is 11.8. The van der Waals surface area contributed by atoms with Gasteiger partial charge < -0.3 is 4.42 Å². The molecule has 0 unspecified atom stereocenters. The van der Waals surface area contributed by atoms with Crippen LogP contribution in [0.5, 0.6) is 0 Å². The van der Waals surface area contributed by atoms with E-state index in [0.717, 1.165) is 51.0 Å². The molecule has 2 nitrogen and oxygen atoms in total. The lowest BCUT2D eigenvalue weighted by molar-refractivity contribution is 0.112. The number of carbonyl (C=O) groups is 1. The molecule has 1 aromatic heterocycles. The highest BCUT2D eigenvalue weighted by Gasteiger charge is 2.19. The molecule has 3 aromatic carbocycles. The number of rotatable bonds is 3. The molecule has 0 spiro atoms. The van der Waals surface area contributed by atoms with Gasteiger partial charge in [-0.2, -0.15) is 0 Å². The van der Waals surface area contributed by atoms with E-state index >= 15 is 0 Å². The summed E-state index contributed by atoms with van der Waals surface area (Å²) in [6.07, 6.45) is 1.72. The van der Waals surface area contributed by atoms with Crippen LogP contribution < -0.4 is 0 Å². The Hall–Kier alpha value is -2.61. The Balaban J connectivity index is 2.27. The van der Waals surface area contributed by atoms with Crippen molar-refractivity contribution in [1.82, 2.24) is 0 Å². The predicted octanol–water partition coefficient (Wildman–Crippen LogP) is 5.75. The van der Waals surface area contributed by atoms with E-state index in [4.69, 9.17) is 4.42 Å². The Morgan fingerprint density at radius 2 is 1.48 bits per heavy atom. The molecule has 2 heteroatoms. The zero-order chi connectivity index (χ0) is 16.0. The van der Waals surface area contributed by atoms with Crippen LogP contribution in [0, 0.1) is 5.92 Å². The number of hydrogen-bond acceptors (Lipinski definition) is 2. The maximum atomic E-state index is 11.8. The van der Waals surface area contributed by atoms with Gasteiger partial charge in [-0.25, -0.2) is 0 Å². The lowest BCUT2D eigenvalue weighted by Gasteiger charge is -2.05. The van der Waals surface area contributed by atoms with Crippen LogP contribution in [0.2, 0.25) is 0 Å². The molecule has 4 rings (SSSR count). The minimum absolute atomic E-state index is 0.437. The third kappa shape index (κ3) is 2.06. The van der Waals surface area contributed by atoms with Crippen molar-refractivity contribution in [3.63, 3.8) is 0 Å². The normalized spacial score (nSPS) is 11.8. The molecule has 114 valence electrons. The molecule has 0 saturated carbocycles. The molecule has 0 N–H and O–H groups in total. The van der Waals surface area contributed by atoms with E-state index in [1.165, 1.54) is 0 Å². The van der Waals surface area contributed by atoms with Crippen LogP contribution in [0.25, 0.3) is 32.5 Å². The fourth-order valence-corrected chi connectivity index (χ4v) is 3.45. The van der Waals surface area contributed by atoms with Crippen LogP contribution in [-0.4, -0.2) is 6.29 Å². The zero-order valence-corrected chi connectivity index (χ0v) is 13.3. The van der Waals surface area contributed by atoms with Gasteiger partial charge in [0.15, 0.2) is 6.29 Å². The molecular weight excluding hydrogens is 284 g/mol. The van der Waals surface area contributed by atoms with E-state index in [-0.39, 0.29) is 0 Å². The number of hydrogen-bond donors (Lipinski definition) is 0. The van der Waals surface area contributed by atoms with Crippen LogP contribution in [0.4, 0.5) is 0 Å². The molecule has 0 amide bonds. The number of furan rings is 1. The molecule has 23 heavy (non-hydrogen) atoms.